The Morgan fingerprint density at radius 2 is 1.97 bits per heavy atom. The number of amides is 1. The van der Waals surface area contributed by atoms with E-state index >= 15 is 0 Å². The van der Waals surface area contributed by atoms with Gasteiger partial charge in [0.05, 0.1) is 12.2 Å². The van der Waals surface area contributed by atoms with Gasteiger partial charge in [-0.1, -0.05) is 47.5 Å². The van der Waals surface area contributed by atoms with Crippen LogP contribution >= 0.6 is 11.6 Å². The summed E-state index contributed by atoms with van der Waals surface area (Å²) in [5.41, 5.74) is 4.74. The van der Waals surface area contributed by atoms with Gasteiger partial charge in [0.15, 0.2) is 5.65 Å². The van der Waals surface area contributed by atoms with Crippen molar-refractivity contribution in [1.82, 2.24) is 29.3 Å². The van der Waals surface area contributed by atoms with E-state index in [1.54, 1.807) is 16.8 Å². The van der Waals surface area contributed by atoms with Crippen molar-refractivity contribution >= 4 is 29.2 Å². The van der Waals surface area contributed by atoms with E-state index in [9.17, 15) is 4.79 Å². The fourth-order valence-corrected chi connectivity index (χ4v) is 4.81. The molecule has 0 aliphatic carbocycles. The first-order chi connectivity index (χ1) is 16.5. The molecular formula is C26H27ClN6O. The number of halogens is 1. The Morgan fingerprint density at radius 1 is 1.15 bits per heavy atom. The lowest BCUT2D eigenvalue weighted by molar-refractivity contribution is -0.127. The summed E-state index contributed by atoms with van der Waals surface area (Å²) in [7, 11) is 0. The van der Waals surface area contributed by atoms with Crippen molar-refractivity contribution in [3.05, 3.63) is 88.1 Å². The third-order valence-electron chi connectivity index (χ3n) is 6.39. The summed E-state index contributed by atoms with van der Waals surface area (Å²) >= 11 is 6.63. The monoisotopic (exact) mass is 474 g/mol. The number of hydrogen-bond donors (Lipinski definition) is 0. The zero-order valence-corrected chi connectivity index (χ0v) is 20.1. The molecular weight excluding hydrogens is 448 g/mol. The molecule has 34 heavy (non-hydrogen) atoms. The highest BCUT2D eigenvalue weighted by atomic mass is 35.5. The molecule has 5 rings (SSSR count). The van der Waals surface area contributed by atoms with Crippen LogP contribution in [0.5, 0.6) is 0 Å². The Hall–Kier alpha value is -3.45. The summed E-state index contributed by atoms with van der Waals surface area (Å²) < 4.78 is 3.79. The van der Waals surface area contributed by atoms with Gasteiger partial charge < -0.3 is 4.90 Å². The summed E-state index contributed by atoms with van der Waals surface area (Å²) in [5.74, 6) is 1.04. The fraction of sp³-hybridized carbons (Fsp3) is 0.308. The van der Waals surface area contributed by atoms with E-state index in [0.717, 1.165) is 47.7 Å². The predicted molar refractivity (Wildman–Crippen MR) is 133 cm³/mol. The molecule has 8 heteroatoms. The van der Waals surface area contributed by atoms with Gasteiger partial charge in [0.1, 0.15) is 11.0 Å². The minimum absolute atomic E-state index is 0.0275. The summed E-state index contributed by atoms with van der Waals surface area (Å²) in [6.45, 7) is 5.92. The van der Waals surface area contributed by atoms with Crippen LogP contribution < -0.4 is 0 Å². The number of benzene rings is 1. The standard InChI is InChI=1S/C26H27ClN6O/c1-18-8-10-20(11-9-18)16-33-25(27)22(19(2)30-33)12-13-24(34)31-14-5-6-21(17-31)26-29-28-23-7-3-4-15-32(23)26/h3-4,7-13,15,21H,5-6,14,16-17H2,1-2H3/b13-12+. The number of carbonyl (C=O) groups excluding carboxylic acids is 1. The normalized spacial score (nSPS) is 16.6. The van der Waals surface area contributed by atoms with Crippen molar-refractivity contribution in [2.45, 2.75) is 39.2 Å². The second-order valence-corrected chi connectivity index (χ2v) is 9.23. The molecule has 1 amide bonds. The molecule has 0 radical (unpaired) electrons. The highest BCUT2D eigenvalue weighted by molar-refractivity contribution is 6.31. The van der Waals surface area contributed by atoms with E-state index in [4.69, 9.17) is 11.6 Å². The SMILES string of the molecule is Cc1ccc(Cn2nc(C)c(/C=C/C(=O)N3CCCC(c4nnc5ccccn45)C3)c2Cl)cc1. The van der Waals surface area contributed by atoms with Gasteiger partial charge >= 0.3 is 0 Å². The molecule has 0 saturated carbocycles. The molecule has 0 N–H and O–H groups in total. The molecule has 1 aliphatic rings. The van der Waals surface area contributed by atoms with Crippen LogP contribution in [0.3, 0.4) is 0 Å². The lowest BCUT2D eigenvalue weighted by atomic mass is 9.97. The predicted octanol–water partition coefficient (Wildman–Crippen LogP) is 4.66. The maximum atomic E-state index is 13.0. The minimum Gasteiger partial charge on any atom is -0.338 e. The Balaban J connectivity index is 1.29. The van der Waals surface area contributed by atoms with E-state index in [1.165, 1.54) is 5.56 Å². The lowest BCUT2D eigenvalue weighted by Gasteiger charge is -2.31. The van der Waals surface area contributed by atoms with E-state index in [1.807, 2.05) is 40.6 Å². The highest BCUT2D eigenvalue weighted by Crippen LogP contribution is 2.27. The minimum atomic E-state index is -0.0275. The molecule has 1 saturated heterocycles. The number of nitrogens with zero attached hydrogens (tertiary/aromatic N) is 6. The molecule has 174 valence electrons. The molecule has 3 aromatic heterocycles. The third-order valence-corrected chi connectivity index (χ3v) is 6.79. The summed E-state index contributed by atoms with van der Waals surface area (Å²) in [6.07, 6.45) is 7.29. The smallest absolute Gasteiger partial charge is 0.246 e. The van der Waals surface area contributed by atoms with Crippen molar-refractivity contribution in [1.29, 1.82) is 0 Å². The second kappa shape index (κ2) is 9.43. The number of hydrogen-bond acceptors (Lipinski definition) is 4. The van der Waals surface area contributed by atoms with Crippen LogP contribution in [0.4, 0.5) is 0 Å². The number of rotatable bonds is 5. The van der Waals surface area contributed by atoms with E-state index in [-0.39, 0.29) is 11.8 Å². The number of piperidine rings is 1. The maximum absolute atomic E-state index is 13.0. The molecule has 1 aromatic carbocycles. The fourth-order valence-electron chi connectivity index (χ4n) is 4.51. The first-order valence-electron chi connectivity index (χ1n) is 11.5. The van der Waals surface area contributed by atoms with Crippen molar-refractivity contribution in [3.8, 4) is 0 Å². The van der Waals surface area contributed by atoms with Crippen LogP contribution in [0.15, 0.2) is 54.7 Å². The van der Waals surface area contributed by atoms with Crippen molar-refractivity contribution < 1.29 is 4.79 Å². The van der Waals surface area contributed by atoms with Crippen LogP contribution in [0.25, 0.3) is 11.7 Å². The number of aryl methyl sites for hydroxylation is 2. The molecule has 4 aromatic rings. The molecule has 1 fully saturated rings. The number of likely N-dealkylation sites (tertiary alicyclic amines) is 1. The van der Waals surface area contributed by atoms with Gasteiger partial charge in [-0.25, -0.2) is 4.68 Å². The summed E-state index contributed by atoms with van der Waals surface area (Å²) in [6, 6.07) is 14.2. The van der Waals surface area contributed by atoms with Crippen LogP contribution in [0.1, 0.15) is 47.0 Å². The lowest BCUT2D eigenvalue weighted by Crippen LogP contribution is -2.38. The Labute approximate surface area is 203 Å². The number of pyridine rings is 1. The van der Waals surface area contributed by atoms with Gasteiger partial charge in [-0.3, -0.25) is 9.20 Å². The molecule has 1 aliphatic heterocycles. The van der Waals surface area contributed by atoms with Gasteiger partial charge in [-0.05, 0) is 50.5 Å². The van der Waals surface area contributed by atoms with Crippen LogP contribution in [-0.4, -0.2) is 48.3 Å². The van der Waals surface area contributed by atoms with Gasteiger partial charge in [0, 0.05) is 36.8 Å². The molecule has 1 atom stereocenters. The van der Waals surface area contributed by atoms with Crippen LogP contribution in [0, 0.1) is 13.8 Å². The summed E-state index contributed by atoms with van der Waals surface area (Å²) in [5, 5.41) is 13.8. The quantitative estimate of drug-likeness (QED) is 0.394. The third kappa shape index (κ3) is 4.48. The van der Waals surface area contributed by atoms with Gasteiger partial charge in [-0.2, -0.15) is 5.10 Å². The zero-order chi connectivity index (χ0) is 23.7. The van der Waals surface area contributed by atoms with Crippen LogP contribution in [0.2, 0.25) is 5.15 Å². The maximum Gasteiger partial charge on any atom is 0.246 e. The summed E-state index contributed by atoms with van der Waals surface area (Å²) in [4.78, 5) is 14.9. The van der Waals surface area contributed by atoms with E-state index < -0.39 is 0 Å². The molecule has 7 nitrogen and oxygen atoms in total. The first kappa shape index (κ1) is 22.3. The van der Waals surface area contributed by atoms with E-state index in [2.05, 4.69) is 46.5 Å². The number of carbonyl (C=O) groups is 1. The Morgan fingerprint density at radius 3 is 2.79 bits per heavy atom. The average Bonchev–Trinajstić information content (AvgIpc) is 3.40. The van der Waals surface area contributed by atoms with Crippen LogP contribution in [-0.2, 0) is 11.3 Å². The molecule has 0 bridgehead atoms. The van der Waals surface area contributed by atoms with Crippen molar-refractivity contribution in [2.24, 2.45) is 0 Å². The van der Waals surface area contributed by atoms with Gasteiger partial charge in [0.2, 0.25) is 5.91 Å². The van der Waals surface area contributed by atoms with E-state index in [0.29, 0.717) is 18.2 Å². The number of fused-ring (bicyclic) bond motifs is 1. The number of aromatic nitrogens is 5. The Bertz CT molecular complexity index is 1350. The van der Waals surface area contributed by atoms with Crippen molar-refractivity contribution in [2.75, 3.05) is 13.1 Å². The van der Waals surface area contributed by atoms with Crippen molar-refractivity contribution in [3.63, 3.8) is 0 Å². The molecule has 4 heterocycles. The topological polar surface area (TPSA) is 68.3 Å². The highest BCUT2D eigenvalue weighted by Gasteiger charge is 2.27. The largest absolute Gasteiger partial charge is 0.338 e. The van der Waals surface area contributed by atoms with Gasteiger partial charge in [-0.15, -0.1) is 10.2 Å². The zero-order valence-electron chi connectivity index (χ0n) is 19.4. The average molecular weight is 475 g/mol. The molecule has 1 unspecified atom stereocenters. The second-order valence-electron chi connectivity index (χ2n) is 8.88. The first-order valence-corrected chi connectivity index (χ1v) is 11.9. The molecule has 0 spiro atoms. The van der Waals surface area contributed by atoms with Gasteiger partial charge in [0.25, 0.3) is 0 Å². The Kier molecular flexibility index (Phi) is 6.20.